The fourth-order valence-electron chi connectivity index (χ4n) is 2.57. The second kappa shape index (κ2) is 5.47. The summed E-state index contributed by atoms with van der Waals surface area (Å²) in [6, 6.07) is 13.0. The zero-order valence-electron chi connectivity index (χ0n) is 11.7. The summed E-state index contributed by atoms with van der Waals surface area (Å²) in [6.45, 7) is 2.89. The van der Waals surface area contributed by atoms with Crippen molar-refractivity contribution in [2.75, 3.05) is 0 Å². The second-order valence-electron chi connectivity index (χ2n) is 5.38. The first-order valence-electron chi connectivity index (χ1n) is 6.94. The number of aromatic nitrogens is 2. The highest BCUT2D eigenvalue weighted by Crippen LogP contribution is 2.19. The van der Waals surface area contributed by atoms with Crippen LogP contribution in [-0.2, 0) is 13.0 Å². The molecule has 3 heteroatoms. The number of pyridine rings is 1. The Kier molecular flexibility index (Phi) is 3.52. The first-order valence-corrected chi connectivity index (χ1v) is 6.94. The maximum Gasteiger partial charge on any atom is 0.0491 e. The summed E-state index contributed by atoms with van der Waals surface area (Å²) in [4.78, 5) is 4.16. The molecular formula is C17H19N3. The van der Waals surface area contributed by atoms with Crippen molar-refractivity contribution in [1.82, 2.24) is 9.55 Å². The minimum absolute atomic E-state index is 0.199. The lowest BCUT2D eigenvalue weighted by molar-refractivity contribution is 0.738. The van der Waals surface area contributed by atoms with Gasteiger partial charge in [-0.05, 0) is 54.1 Å². The van der Waals surface area contributed by atoms with Gasteiger partial charge in [-0.1, -0.05) is 12.1 Å². The second-order valence-corrected chi connectivity index (χ2v) is 5.38. The van der Waals surface area contributed by atoms with Gasteiger partial charge in [0.25, 0.3) is 0 Å². The van der Waals surface area contributed by atoms with Crippen molar-refractivity contribution >= 4 is 10.9 Å². The van der Waals surface area contributed by atoms with Crippen molar-refractivity contribution in [1.29, 1.82) is 0 Å². The zero-order chi connectivity index (χ0) is 13.9. The average Bonchev–Trinajstić information content (AvgIpc) is 2.82. The number of nitrogens with zero attached hydrogens (tertiary/aromatic N) is 2. The molecule has 0 spiro atoms. The van der Waals surface area contributed by atoms with Crippen molar-refractivity contribution in [2.45, 2.75) is 25.9 Å². The van der Waals surface area contributed by atoms with Crippen molar-refractivity contribution in [2.24, 2.45) is 5.73 Å². The molecule has 3 rings (SSSR count). The molecule has 3 nitrogen and oxygen atoms in total. The van der Waals surface area contributed by atoms with Gasteiger partial charge in [-0.2, -0.15) is 0 Å². The molecule has 2 heterocycles. The Balaban J connectivity index is 1.90. The van der Waals surface area contributed by atoms with Crippen molar-refractivity contribution in [3.63, 3.8) is 0 Å². The van der Waals surface area contributed by atoms with Gasteiger partial charge in [0.2, 0.25) is 0 Å². The minimum Gasteiger partial charge on any atom is -0.343 e. The van der Waals surface area contributed by atoms with Crippen LogP contribution in [0.1, 0.15) is 18.1 Å². The van der Waals surface area contributed by atoms with Crippen LogP contribution in [0.4, 0.5) is 0 Å². The lowest BCUT2D eigenvalue weighted by Gasteiger charge is -2.08. The van der Waals surface area contributed by atoms with Gasteiger partial charge in [-0.3, -0.25) is 4.98 Å². The highest BCUT2D eigenvalue weighted by Gasteiger charge is 2.04. The van der Waals surface area contributed by atoms with Crippen LogP contribution < -0.4 is 5.73 Å². The summed E-state index contributed by atoms with van der Waals surface area (Å²) in [5.41, 5.74) is 9.63. The summed E-state index contributed by atoms with van der Waals surface area (Å²) >= 11 is 0. The van der Waals surface area contributed by atoms with Crippen LogP contribution in [0.25, 0.3) is 10.9 Å². The monoisotopic (exact) mass is 265 g/mol. The van der Waals surface area contributed by atoms with Crippen molar-refractivity contribution < 1.29 is 0 Å². The van der Waals surface area contributed by atoms with Gasteiger partial charge in [0, 0.05) is 36.7 Å². The Bertz CT molecular complexity index is 699. The number of hydrogen-bond donors (Lipinski definition) is 1. The zero-order valence-corrected chi connectivity index (χ0v) is 11.7. The maximum absolute atomic E-state index is 5.86. The minimum atomic E-state index is 0.199. The van der Waals surface area contributed by atoms with E-state index in [2.05, 4.69) is 46.1 Å². The molecule has 3 aromatic rings. The van der Waals surface area contributed by atoms with E-state index in [1.54, 1.807) is 6.20 Å². The molecule has 2 N–H and O–H groups in total. The molecule has 0 amide bonds. The fraction of sp³-hybridized carbons (Fsp3) is 0.235. The SMILES string of the molecule is CC(N)Cc1ccc2c(ccn2Cc2cccnc2)c1. The molecule has 0 aliphatic heterocycles. The standard InChI is InChI=1S/C17H19N3/c1-13(18)9-14-4-5-17-16(10-14)6-8-20(17)12-15-3-2-7-19-11-15/h2-8,10-11,13H,9,12,18H2,1H3. The van der Waals surface area contributed by atoms with Gasteiger partial charge in [0.1, 0.15) is 0 Å². The van der Waals surface area contributed by atoms with E-state index in [4.69, 9.17) is 5.73 Å². The van der Waals surface area contributed by atoms with Gasteiger partial charge in [-0.15, -0.1) is 0 Å². The highest BCUT2D eigenvalue weighted by molar-refractivity contribution is 5.81. The third-order valence-corrected chi connectivity index (χ3v) is 3.47. The summed E-state index contributed by atoms with van der Waals surface area (Å²) in [6.07, 6.45) is 6.77. The predicted octanol–water partition coefficient (Wildman–Crippen LogP) is 2.97. The Morgan fingerprint density at radius 1 is 1.20 bits per heavy atom. The number of benzene rings is 1. The molecule has 2 aromatic heterocycles. The van der Waals surface area contributed by atoms with Crippen molar-refractivity contribution in [3.8, 4) is 0 Å². The van der Waals surface area contributed by atoms with E-state index in [1.165, 1.54) is 22.0 Å². The Morgan fingerprint density at radius 2 is 2.10 bits per heavy atom. The van der Waals surface area contributed by atoms with Gasteiger partial charge in [0.05, 0.1) is 0 Å². The molecule has 0 radical (unpaired) electrons. The molecule has 0 saturated heterocycles. The molecule has 0 aliphatic carbocycles. The third kappa shape index (κ3) is 2.73. The summed E-state index contributed by atoms with van der Waals surface area (Å²) < 4.78 is 2.25. The van der Waals surface area contributed by atoms with E-state index in [1.807, 2.05) is 19.2 Å². The molecule has 0 aliphatic rings. The number of hydrogen-bond acceptors (Lipinski definition) is 2. The van der Waals surface area contributed by atoms with E-state index in [9.17, 15) is 0 Å². The van der Waals surface area contributed by atoms with Crippen LogP contribution in [0.3, 0.4) is 0 Å². The number of fused-ring (bicyclic) bond motifs is 1. The largest absolute Gasteiger partial charge is 0.343 e. The first kappa shape index (κ1) is 12.9. The molecule has 102 valence electrons. The van der Waals surface area contributed by atoms with Gasteiger partial charge in [0.15, 0.2) is 0 Å². The molecule has 0 saturated carbocycles. The molecule has 1 atom stereocenters. The summed E-state index contributed by atoms with van der Waals surface area (Å²) in [5, 5.41) is 1.27. The van der Waals surface area contributed by atoms with Crippen LogP contribution in [0.2, 0.25) is 0 Å². The Labute approximate surface area is 119 Å². The normalized spacial score (nSPS) is 12.7. The lowest BCUT2D eigenvalue weighted by atomic mass is 10.1. The molecule has 0 bridgehead atoms. The van der Waals surface area contributed by atoms with E-state index in [0.29, 0.717) is 0 Å². The van der Waals surface area contributed by atoms with Crippen LogP contribution >= 0.6 is 0 Å². The quantitative estimate of drug-likeness (QED) is 0.788. The van der Waals surface area contributed by atoms with Crippen LogP contribution in [0.5, 0.6) is 0 Å². The highest BCUT2D eigenvalue weighted by atomic mass is 15.0. The molecule has 20 heavy (non-hydrogen) atoms. The third-order valence-electron chi connectivity index (χ3n) is 3.47. The number of nitrogens with two attached hydrogens (primary N) is 1. The molecule has 1 aromatic carbocycles. The van der Waals surface area contributed by atoms with Gasteiger partial charge >= 0.3 is 0 Å². The molecule has 1 unspecified atom stereocenters. The predicted molar refractivity (Wildman–Crippen MR) is 82.6 cm³/mol. The van der Waals surface area contributed by atoms with Crippen LogP contribution in [-0.4, -0.2) is 15.6 Å². The van der Waals surface area contributed by atoms with Crippen LogP contribution in [0.15, 0.2) is 55.0 Å². The Hall–Kier alpha value is -2.13. The average molecular weight is 265 g/mol. The molecule has 0 fully saturated rings. The first-order chi connectivity index (χ1) is 9.72. The van der Waals surface area contributed by atoms with E-state index >= 15 is 0 Å². The van der Waals surface area contributed by atoms with E-state index in [0.717, 1.165) is 13.0 Å². The lowest BCUT2D eigenvalue weighted by Crippen LogP contribution is -2.17. The molecular weight excluding hydrogens is 246 g/mol. The smallest absolute Gasteiger partial charge is 0.0491 e. The van der Waals surface area contributed by atoms with Gasteiger partial charge < -0.3 is 10.3 Å². The van der Waals surface area contributed by atoms with Crippen molar-refractivity contribution in [3.05, 3.63) is 66.1 Å². The number of rotatable bonds is 4. The maximum atomic E-state index is 5.86. The topological polar surface area (TPSA) is 43.8 Å². The summed E-state index contributed by atoms with van der Waals surface area (Å²) in [5.74, 6) is 0. The van der Waals surface area contributed by atoms with E-state index in [-0.39, 0.29) is 6.04 Å². The fourth-order valence-corrected chi connectivity index (χ4v) is 2.57. The van der Waals surface area contributed by atoms with Gasteiger partial charge in [-0.25, -0.2) is 0 Å². The van der Waals surface area contributed by atoms with E-state index < -0.39 is 0 Å². The summed E-state index contributed by atoms with van der Waals surface area (Å²) in [7, 11) is 0. The van der Waals surface area contributed by atoms with Crippen LogP contribution in [0, 0.1) is 0 Å². The Morgan fingerprint density at radius 3 is 2.85 bits per heavy atom.